The van der Waals surface area contributed by atoms with Crippen LogP contribution in [0.4, 0.5) is 5.69 Å². The zero-order valence-electron chi connectivity index (χ0n) is 7.07. The Morgan fingerprint density at radius 2 is 1.92 bits per heavy atom. The molecule has 0 heterocycles. The molecule has 0 bridgehead atoms. The Balaban J connectivity index is 1.92. The Morgan fingerprint density at radius 1 is 1.23 bits per heavy atom. The molecule has 0 unspecified atom stereocenters. The summed E-state index contributed by atoms with van der Waals surface area (Å²) in [5, 5.41) is 7.91. The summed E-state index contributed by atoms with van der Waals surface area (Å²) in [5.74, 6) is 0. The Bertz CT molecular complexity index is 303. The van der Waals surface area contributed by atoms with Crippen LogP contribution in [0.15, 0.2) is 39.1 Å². The molecule has 68 valence electrons. The van der Waals surface area contributed by atoms with Gasteiger partial charge in [0.05, 0.1) is 5.69 Å². The van der Waals surface area contributed by atoms with Crippen molar-refractivity contribution in [3.05, 3.63) is 28.7 Å². The molecule has 1 saturated carbocycles. The van der Waals surface area contributed by atoms with E-state index in [1.807, 2.05) is 24.3 Å². The van der Waals surface area contributed by atoms with Crippen molar-refractivity contribution in [2.24, 2.45) is 10.3 Å². The molecular weight excluding hydrogens is 230 g/mol. The molecule has 0 spiro atoms. The highest BCUT2D eigenvalue weighted by Crippen LogP contribution is 2.20. The standard InChI is InChI=1S/C9H10BrN3/c10-7-1-3-8(4-2-7)11-13-12-9-5-6-9/h1-4,9H,5-6H2,(H,11,12). The molecule has 1 aromatic rings. The fraction of sp³-hybridized carbons (Fsp3) is 0.333. The van der Waals surface area contributed by atoms with Crippen molar-refractivity contribution in [3.63, 3.8) is 0 Å². The fourth-order valence-corrected chi connectivity index (χ4v) is 1.15. The average Bonchev–Trinajstić information content (AvgIpc) is 2.92. The number of halogens is 1. The van der Waals surface area contributed by atoms with Gasteiger partial charge in [-0.3, -0.25) is 5.43 Å². The summed E-state index contributed by atoms with van der Waals surface area (Å²) in [6.45, 7) is 0. The summed E-state index contributed by atoms with van der Waals surface area (Å²) in [6.07, 6.45) is 2.44. The molecular formula is C9H10BrN3. The largest absolute Gasteiger partial charge is 0.288 e. The van der Waals surface area contributed by atoms with Crippen LogP contribution in [0.1, 0.15) is 12.8 Å². The van der Waals surface area contributed by atoms with E-state index < -0.39 is 0 Å². The summed E-state index contributed by atoms with van der Waals surface area (Å²) < 4.78 is 1.06. The smallest absolute Gasteiger partial charge is 0.0874 e. The second-order valence-corrected chi connectivity index (χ2v) is 4.00. The molecule has 1 aromatic carbocycles. The first kappa shape index (κ1) is 8.69. The lowest BCUT2D eigenvalue weighted by molar-refractivity contribution is 0.693. The van der Waals surface area contributed by atoms with Crippen LogP contribution in [-0.4, -0.2) is 6.04 Å². The van der Waals surface area contributed by atoms with Gasteiger partial charge in [0.1, 0.15) is 0 Å². The highest BCUT2D eigenvalue weighted by atomic mass is 79.9. The third kappa shape index (κ3) is 2.81. The van der Waals surface area contributed by atoms with E-state index >= 15 is 0 Å². The quantitative estimate of drug-likeness (QED) is 0.639. The summed E-state index contributed by atoms with van der Waals surface area (Å²) in [5.41, 5.74) is 3.84. The van der Waals surface area contributed by atoms with E-state index in [9.17, 15) is 0 Å². The molecule has 3 nitrogen and oxygen atoms in total. The molecule has 0 aromatic heterocycles. The van der Waals surface area contributed by atoms with Gasteiger partial charge in [-0.25, -0.2) is 0 Å². The number of benzene rings is 1. The maximum atomic E-state index is 4.02. The summed E-state index contributed by atoms with van der Waals surface area (Å²) >= 11 is 3.36. The van der Waals surface area contributed by atoms with Crippen LogP contribution in [0.3, 0.4) is 0 Å². The average molecular weight is 240 g/mol. The first-order chi connectivity index (χ1) is 6.34. The van der Waals surface area contributed by atoms with Gasteiger partial charge in [0.25, 0.3) is 0 Å². The predicted octanol–water partition coefficient (Wildman–Crippen LogP) is 3.20. The summed E-state index contributed by atoms with van der Waals surface area (Å²) in [7, 11) is 0. The number of nitrogens with one attached hydrogen (secondary N) is 1. The van der Waals surface area contributed by atoms with Crippen molar-refractivity contribution >= 4 is 21.6 Å². The molecule has 0 saturated heterocycles. The van der Waals surface area contributed by atoms with Gasteiger partial charge in [-0.15, -0.1) is 5.11 Å². The number of hydrogen-bond donors (Lipinski definition) is 1. The maximum absolute atomic E-state index is 4.02. The third-order valence-corrected chi connectivity index (χ3v) is 2.34. The van der Waals surface area contributed by atoms with Crippen molar-refractivity contribution in [2.45, 2.75) is 18.9 Å². The maximum Gasteiger partial charge on any atom is 0.0874 e. The van der Waals surface area contributed by atoms with Crippen LogP contribution in [-0.2, 0) is 0 Å². The summed E-state index contributed by atoms with van der Waals surface area (Å²) in [6, 6.07) is 8.31. The molecule has 1 aliphatic rings. The Hall–Kier alpha value is -0.900. The third-order valence-electron chi connectivity index (χ3n) is 1.81. The van der Waals surface area contributed by atoms with Crippen LogP contribution in [0, 0.1) is 0 Å². The van der Waals surface area contributed by atoms with Gasteiger partial charge < -0.3 is 0 Å². The molecule has 13 heavy (non-hydrogen) atoms. The first-order valence-electron chi connectivity index (χ1n) is 4.26. The number of rotatable bonds is 3. The lowest BCUT2D eigenvalue weighted by Crippen LogP contribution is -2.05. The van der Waals surface area contributed by atoms with Crippen LogP contribution in [0.25, 0.3) is 0 Å². The lowest BCUT2D eigenvalue weighted by atomic mass is 10.3. The van der Waals surface area contributed by atoms with Gasteiger partial charge in [0.15, 0.2) is 0 Å². The SMILES string of the molecule is Brc1ccc(/N=N/NC2CC2)cc1. The van der Waals surface area contributed by atoms with Crippen molar-refractivity contribution in [1.82, 2.24) is 5.43 Å². The minimum absolute atomic E-state index is 0.569. The van der Waals surface area contributed by atoms with Crippen molar-refractivity contribution < 1.29 is 0 Å². The minimum Gasteiger partial charge on any atom is -0.288 e. The van der Waals surface area contributed by atoms with E-state index in [1.54, 1.807) is 0 Å². The Kier molecular flexibility index (Phi) is 2.59. The molecule has 2 rings (SSSR count). The first-order valence-corrected chi connectivity index (χ1v) is 5.06. The van der Waals surface area contributed by atoms with E-state index in [0.717, 1.165) is 10.2 Å². The van der Waals surface area contributed by atoms with Gasteiger partial charge >= 0.3 is 0 Å². The minimum atomic E-state index is 0.569. The Morgan fingerprint density at radius 3 is 2.54 bits per heavy atom. The van der Waals surface area contributed by atoms with E-state index in [1.165, 1.54) is 12.8 Å². The molecule has 1 N–H and O–H groups in total. The molecule has 1 fully saturated rings. The van der Waals surface area contributed by atoms with Gasteiger partial charge in [-0.05, 0) is 37.1 Å². The van der Waals surface area contributed by atoms with Crippen molar-refractivity contribution in [2.75, 3.05) is 0 Å². The van der Waals surface area contributed by atoms with E-state index in [4.69, 9.17) is 0 Å². The zero-order chi connectivity index (χ0) is 9.10. The van der Waals surface area contributed by atoms with Crippen LogP contribution < -0.4 is 5.43 Å². The normalized spacial score (nSPS) is 16.4. The monoisotopic (exact) mass is 239 g/mol. The van der Waals surface area contributed by atoms with E-state index in [2.05, 4.69) is 31.7 Å². The van der Waals surface area contributed by atoms with Gasteiger partial charge in [0.2, 0.25) is 0 Å². The fourth-order valence-electron chi connectivity index (χ4n) is 0.888. The predicted molar refractivity (Wildman–Crippen MR) is 54.8 cm³/mol. The molecule has 0 amide bonds. The molecule has 0 atom stereocenters. The number of hydrogen-bond acceptors (Lipinski definition) is 2. The van der Waals surface area contributed by atoms with Gasteiger partial charge in [0, 0.05) is 10.5 Å². The van der Waals surface area contributed by atoms with Crippen molar-refractivity contribution in [3.8, 4) is 0 Å². The Labute approximate surface area is 85.4 Å². The highest BCUT2D eigenvalue weighted by Gasteiger charge is 2.19. The van der Waals surface area contributed by atoms with E-state index in [-0.39, 0.29) is 0 Å². The van der Waals surface area contributed by atoms with Gasteiger partial charge in [-0.2, -0.15) is 0 Å². The van der Waals surface area contributed by atoms with Crippen LogP contribution in [0.2, 0.25) is 0 Å². The second-order valence-electron chi connectivity index (χ2n) is 3.08. The van der Waals surface area contributed by atoms with Crippen molar-refractivity contribution in [1.29, 1.82) is 0 Å². The lowest BCUT2D eigenvalue weighted by Gasteiger charge is -1.93. The topological polar surface area (TPSA) is 36.8 Å². The molecule has 0 radical (unpaired) electrons. The summed E-state index contributed by atoms with van der Waals surface area (Å²) in [4.78, 5) is 0. The van der Waals surface area contributed by atoms with Crippen LogP contribution in [0.5, 0.6) is 0 Å². The highest BCUT2D eigenvalue weighted by molar-refractivity contribution is 9.10. The molecule has 0 aliphatic heterocycles. The molecule has 4 heteroatoms. The van der Waals surface area contributed by atoms with E-state index in [0.29, 0.717) is 6.04 Å². The molecule has 1 aliphatic carbocycles. The van der Waals surface area contributed by atoms with Crippen LogP contribution >= 0.6 is 15.9 Å². The number of nitrogens with zero attached hydrogens (tertiary/aromatic N) is 2. The zero-order valence-corrected chi connectivity index (χ0v) is 8.66. The second kappa shape index (κ2) is 3.87. The van der Waals surface area contributed by atoms with Gasteiger partial charge in [-0.1, -0.05) is 21.2 Å².